The predicted molar refractivity (Wildman–Crippen MR) is 81.9 cm³/mol. The molecule has 22 heavy (non-hydrogen) atoms. The van der Waals surface area contributed by atoms with Crippen molar-refractivity contribution in [1.29, 1.82) is 0 Å². The second-order valence-corrected chi connectivity index (χ2v) is 8.13. The molecular weight excluding hydrogens is 304 g/mol. The Balaban J connectivity index is 1.65. The van der Waals surface area contributed by atoms with E-state index in [1.165, 1.54) is 6.26 Å². The van der Waals surface area contributed by atoms with Crippen molar-refractivity contribution in [1.82, 2.24) is 9.62 Å². The molecular formula is C15H22N2O4S. The number of likely N-dealkylation sites (tertiary alicyclic amines) is 1. The first-order valence-electron chi connectivity index (χ1n) is 7.90. The van der Waals surface area contributed by atoms with E-state index in [0.29, 0.717) is 19.4 Å². The van der Waals surface area contributed by atoms with Crippen LogP contribution in [0.15, 0.2) is 22.8 Å². The highest BCUT2D eigenvalue weighted by atomic mass is 32.2. The lowest BCUT2D eigenvalue weighted by Gasteiger charge is -2.32. The number of hydrogen-bond donors (Lipinski definition) is 1. The van der Waals surface area contributed by atoms with E-state index in [4.69, 9.17) is 4.42 Å². The number of nitrogens with one attached hydrogen (secondary N) is 1. The zero-order chi connectivity index (χ0) is 15.6. The lowest BCUT2D eigenvalue weighted by molar-refractivity contribution is 0.0694. The number of carbonyl (C=O) groups excluding carboxylic acids is 1. The van der Waals surface area contributed by atoms with Crippen LogP contribution in [0.3, 0.4) is 0 Å². The van der Waals surface area contributed by atoms with Crippen LogP contribution in [0.4, 0.5) is 0 Å². The molecule has 6 nitrogen and oxygen atoms in total. The van der Waals surface area contributed by atoms with Crippen LogP contribution in [-0.4, -0.2) is 43.6 Å². The number of rotatable bonds is 4. The van der Waals surface area contributed by atoms with E-state index >= 15 is 0 Å². The van der Waals surface area contributed by atoms with Crippen molar-refractivity contribution in [2.75, 3.05) is 13.1 Å². The third-order valence-electron chi connectivity index (χ3n) is 4.52. The van der Waals surface area contributed by atoms with E-state index < -0.39 is 15.3 Å². The largest absolute Gasteiger partial charge is 0.459 e. The monoisotopic (exact) mass is 326 g/mol. The maximum absolute atomic E-state index is 12.5. The molecule has 1 aliphatic heterocycles. The highest BCUT2D eigenvalue weighted by molar-refractivity contribution is 7.90. The highest BCUT2D eigenvalue weighted by Crippen LogP contribution is 2.23. The summed E-state index contributed by atoms with van der Waals surface area (Å²) in [4.78, 5) is 13.9. The first-order chi connectivity index (χ1) is 10.6. The Kier molecular flexibility index (Phi) is 4.54. The van der Waals surface area contributed by atoms with Crippen LogP contribution < -0.4 is 4.72 Å². The minimum Gasteiger partial charge on any atom is -0.459 e. The minimum absolute atomic E-state index is 0.0705. The Labute approximate surface area is 130 Å². The molecule has 1 aliphatic carbocycles. The summed E-state index contributed by atoms with van der Waals surface area (Å²) in [6.07, 6.45) is 6.75. The third kappa shape index (κ3) is 3.35. The molecule has 0 unspecified atom stereocenters. The molecule has 1 N–H and O–H groups in total. The van der Waals surface area contributed by atoms with E-state index in [0.717, 1.165) is 25.7 Å². The number of furan rings is 1. The summed E-state index contributed by atoms with van der Waals surface area (Å²) in [5.74, 6) is 0.0348. The van der Waals surface area contributed by atoms with Crippen LogP contribution in [0.2, 0.25) is 0 Å². The molecule has 1 saturated carbocycles. The molecule has 7 heteroatoms. The van der Waals surface area contributed by atoms with Gasteiger partial charge in [0.1, 0.15) is 0 Å². The minimum atomic E-state index is -3.38. The predicted octanol–water partition coefficient (Wildman–Crippen LogP) is 1.75. The smallest absolute Gasteiger partial charge is 0.289 e. The van der Waals surface area contributed by atoms with Gasteiger partial charge in [-0.15, -0.1) is 0 Å². The van der Waals surface area contributed by atoms with Gasteiger partial charge in [0.25, 0.3) is 5.91 Å². The Morgan fingerprint density at radius 1 is 1.23 bits per heavy atom. The van der Waals surface area contributed by atoms with Gasteiger partial charge in [0.05, 0.1) is 11.5 Å². The van der Waals surface area contributed by atoms with Gasteiger partial charge in [-0.05, 0) is 37.8 Å². The fraction of sp³-hybridized carbons (Fsp3) is 0.667. The number of nitrogens with zero attached hydrogens (tertiary/aromatic N) is 1. The highest BCUT2D eigenvalue weighted by Gasteiger charge is 2.35. The normalized spacial score (nSPS) is 23.8. The second-order valence-electron chi connectivity index (χ2n) is 6.14. The second kappa shape index (κ2) is 6.42. The molecule has 0 radical (unpaired) electrons. The molecule has 0 spiro atoms. The molecule has 1 aromatic rings. The molecule has 1 atom stereocenters. The molecule has 1 saturated heterocycles. The van der Waals surface area contributed by atoms with Gasteiger partial charge in [-0.3, -0.25) is 4.79 Å². The topological polar surface area (TPSA) is 79.6 Å². The van der Waals surface area contributed by atoms with Gasteiger partial charge in [0.15, 0.2) is 5.76 Å². The van der Waals surface area contributed by atoms with Crippen LogP contribution >= 0.6 is 0 Å². The van der Waals surface area contributed by atoms with Crippen molar-refractivity contribution in [2.45, 2.75) is 49.8 Å². The molecule has 1 amide bonds. The summed E-state index contributed by atoms with van der Waals surface area (Å²) in [6, 6.07) is 3.34. The summed E-state index contributed by atoms with van der Waals surface area (Å²) >= 11 is 0. The quantitative estimate of drug-likeness (QED) is 0.914. The van der Waals surface area contributed by atoms with Gasteiger partial charge in [0.2, 0.25) is 10.0 Å². The van der Waals surface area contributed by atoms with Gasteiger partial charge in [0, 0.05) is 19.1 Å². The van der Waals surface area contributed by atoms with Crippen molar-refractivity contribution in [3.05, 3.63) is 24.2 Å². The fourth-order valence-electron chi connectivity index (χ4n) is 3.30. The molecule has 1 aromatic heterocycles. The van der Waals surface area contributed by atoms with Crippen molar-refractivity contribution in [2.24, 2.45) is 0 Å². The van der Waals surface area contributed by atoms with Gasteiger partial charge in [-0.1, -0.05) is 12.8 Å². The number of carbonyl (C=O) groups is 1. The maximum Gasteiger partial charge on any atom is 0.289 e. The summed E-state index contributed by atoms with van der Waals surface area (Å²) in [6.45, 7) is 0.816. The van der Waals surface area contributed by atoms with E-state index in [-0.39, 0.29) is 24.3 Å². The third-order valence-corrected chi connectivity index (χ3v) is 6.45. The van der Waals surface area contributed by atoms with Gasteiger partial charge in [-0.2, -0.15) is 0 Å². The standard InChI is InChI=1S/C15H22N2O4S/c18-15(14-8-4-10-21-14)17-9-3-7-13(11-17)22(19,20)16-12-5-1-2-6-12/h4,8,10,12-13,16H,1-3,5-7,9,11H2/t13-/m1/s1. The first-order valence-corrected chi connectivity index (χ1v) is 9.45. The van der Waals surface area contributed by atoms with Crippen LogP contribution in [0.5, 0.6) is 0 Å². The van der Waals surface area contributed by atoms with E-state index in [1.807, 2.05) is 0 Å². The van der Waals surface area contributed by atoms with Gasteiger partial charge < -0.3 is 9.32 Å². The molecule has 2 heterocycles. The van der Waals surface area contributed by atoms with Crippen LogP contribution in [0, 0.1) is 0 Å². The number of amides is 1. The molecule has 0 aromatic carbocycles. The van der Waals surface area contributed by atoms with Crippen LogP contribution in [-0.2, 0) is 10.0 Å². The summed E-state index contributed by atoms with van der Waals surface area (Å²) < 4.78 is 33.0. The number of sulfonamides is 1. The molecule has 2 aliphatic rings. The Bertz CT molecular complexity index is 605. The average Bonchev–Trinajstić information content (AvgIpc) is 3.19. The van der Waals surface area contributed by atoms with Crippen molar-refractivity contribution in [3.63, 3.8) is 0 Å². The van der Waals surface area contributed by atoms with Crippen molar-refractivity contribution in [3.8, 4) is 0 Å². The molecule has 0 bridgehead atoms. The van der Waals surface area contributed by atoms with E-state index in [2.05, 4.69) is 4.72 Å². The average molecular weight is 326 g/mol. The van der Waals surface area contributed by atoms with E-state index in [1.54, 1.807) is 17.0 Å². The number of piperidine rings is 1. The fourth-order valence-corrected chi connectivity index (χ4v) is 5.05. The molecule has 2 fully saturated rings. The Morgan fingerprint density at radius 2 is 2.00 bits per heavy atom. The summed E-state index contributed by atoms with van der Waals surface area (Å²) in [5, 5.41) is -0.527. The Morgan fingerprint density at radius 3 is 2.68 bits per heavy atom. The Hall–Kier alpha value is -1.34. The van der Waals surface area contributed by atoms with E-state index in [9.17, 15) is 13.2 Å². The summed E-state index contributed by atoms with van der Waals surface area (Å²) in [7, 11) is -3.38. The van der Waals surface area contributed by atoms with Crippen LogP contribution in [0.1, 0.15) is 49.1 Å². The lowest BCUT2D eigenvalue weighted by Crippen LogP contribution is -2.49. The van der Waals surface area contributed by atoms with Crippen molar-refractivity contribution < 1.29 is 17.6 Å². The lowest BCUT2D eigenvalue weighted by atomic mass is 10.1. The SMILES string of the molecule is O=C(c1ccco1)N1CCC[C@@H](S(=O)(=O)NC2CCCC2)C1. The van der Waals surface area contributed by atoms with Gasteiger partial charge >= 0.3 is 0 Å². The van der Waals surface area contributed by atoms with Gasteiger partial charge in [-0.25, -0.2) is 13.1 Å². The first kappa shape index (κ1) is 15.6. The molecule has 122 valence electrons. The molecule has 3 rings (SSSR count). The maximum atomic E-state index is 12.5. The van der Waals surface area contributed by atoms with Crippen molar-refractivity contribution >= 4 is 15.9 Å². The number of hydrogen-bond acceptors (Lipinski definition) is 4. The zero-order valence-corrected chi connectivity index (χ0v) is 13.3. The summed E-state index contributed by atoms with van der Waals surface area (Å²) in [5.41, 5.74) is 0. The zero-order valence-electron chi connectivity index (χ0n) is 12.5. The van der Waals surface area contributed by atoms with Crippen LogP contribution in [0.25, 0.3) is 0 Å².